The molecule has 1 saturated heterocycles. The largest absolute Gasteiger partial charge is 0.388 e. The number of unbranched alkanes of at least 4 members (excludes halogenated alkanes) is 4. The molecule has 30 heavy (non-hydrogen) atoms. The molecule has 3 heterocycles. The first-order chi connectivity index (χ1) is 14.6. The molecule has 1 fully saturated rings. The number of anilines is 1. The van der Waals surface area contributed by atoms with Crippen molar-refractivity contribution in [2.75, 3.05) is 19.0 Å². The Kier molecular flexibility index (Phi) is 7.64. The summed E-state index contributed by atoms with van der Waals surface area (Å²) in [5.41, 5.74) is 0.987. The molecule has 3 rings (SSSR count). The molecule has 160 valence electrons. The van der Waals surface area contributed by atoms with Gasteiger partial charge in [0, 0.05) is 19.9 Å². The summed E-state index contributed by atoms with van der Waals surface area (Å²) in [5, 5.41) is 23.5. The van der Waals surface area contributed by atoms with Crippen LogP contribution in [0.5, 0.6) is 0 Å². The van der Waals surface area contributed by atoms with E-state index in [1.807, 2.05) is 0 Å². The fourth-order valence-electron chi connectivity index (χ4n) is 3.16. The maximum atomic E-state index is 10.5. The van der Waals surface area contributed by atoms with Crippen LogP contribution in [-0.2, 0) is 4.74 Å². The molecule has 8 heteroatoms. The molecule has 0 radical (unpaired) electrons. The van der Waals surface area contributed by atoms with Gasteiger partial charge in [-0.05, 0) is 24.7 Å². The van der Waals surface area contributed by atoms with Crippen molar-refractivity contribution in [3.63, 3.8) is 0 Å². The van der Waals surface area contributed by atoms with Gasteiger partial charge in [-0.2, -0.15) is 0 Å². The van der Waals surface area contributed by atoms with Crippen LogP contribution in [0.15, 0.2) is 0 Å². The zero-order chi connectivity index (χ0) is 21.5. The number of imidazole rings is 1. The van der Waals surface area contributed by atoms with E-state index in [2.05, 4.69) is 57.8 Å². The maximum absolute atomic E-state index is 10.5. The molecular weight excluding hydrogens is 382 g/mol. The van der Waals surface area contributed by atoms with E-state index in [4.69, 9.17) is 4.74 Å². The summed E-state index contributed by atoms with van der Waals surface area (Å²) < 4.78 is 7.31. The molecule has 3 atom stereocenters. The van der Waals surface area contributed by atoms with E-state index in [0.29, 0.717) is 28.6 Å². The highest BCUT2D eigenvalue weighted by Crippen LogP contribution is 2.31. The fraction of sp³-hybridized carbons (Fsp3) is 0.591. The summed E-state index contributed by atoms with van der Waals surface area (Å²) in [6.07, 6.45) is 2.74. The number of rotatable bonds is 6. The highest BCUT2D eigenvalue weighted by Gasteiger charge is 2.38. The molecule has 0 aromatic carbocycles. The predicted molar refractivity (Wildman–Crippen MR) is 115 cm³/mol. The molecule has 1 aliphatic rings. The van der Waals surface area contributed by atoms with Crippen LogP contribution in [0.25, 0.3) is 11.2 Å². The van der Waals surface area contributed by atoms with Crippen LogP contribution in [0.4, 0.5) is 5.82 Å². The summed E-state index contributed by atoms with van der Waals surface area (Å²) in [7, 11) is 1.76. The summed E-state index contributed by atoms with van der Waals surface area (Å²) in [4.78, 5) is 13.7. The first-order valence-corrected chi connectivity index (χ1v) is 10.5. The van der Waals surface area contributed by atoms with Gasteiger partial charge < -0.3 is 20.3 Å². The molecule has 3 N–H and O–H groups in total. The Morgan fingerprint density at radius 3 is 2.37 bits per heavy atom. The van der Waals surface area contributed by atoms with Gasteiger partial charge in [-0.15, -0.1) is 0 Å². The second kappa shape index (κ2) is 10.4. The van der Waals surface area contributed by atoms with Gasteiger partial charge in [0.25, 0.3) is 0 Å². The standard InChI is InChI=1S/C22H29N5O3/c1-4-6-8-10-12-16-24-20(23-3)18-21(25-16)27(22-19(29)15(28)14-30-22)17(26-18)13-11-9-7-5-2/h15,19,22,28-29H,4-9,14H2,1-3H3,(H,23,24,25)/t15-,19-,22-/m1/s1. The lowest BCUT2D eigenvalue weighted by Gasteiger charge is -2.18. The highest BCUT2D eigenvalue weighted by molar-refractivity contribution is 5.84. The Morgan fingerprint density at radius 1 is 1.07 bits per heavy atom. The number of nitrogens with zero attached hydrogens (tertiary/aromatic N) is 4. The maximum Gasteiger partial charge on any atom is 0.208 e. The van der Waals surface area contributed by atoms with Crippen molar-refractivity contribution in [1.29, 1.82) is 0 Å². The van der Waals surface area contributed by atoms with Crippen LogP contribution in [0.3, 0.4) is 0 Å². The topological polar surface area (TPSA) is 105 Å². The van der Waals surface area contributed by atoms with Gasteiger partial charge >= 0.3 is 0 Å². The minimum atomic E-state index is -1.11. The number of aliphatic hydroxyl groups is 2. The Hall–Kier alpha value is -2.65. The van der Waals surface area contributed by atoms with E-state index in [0.717, 1.165) is 38.5 Å². The van der Waals surface area contributed by atoms with Crippen molar-refractivity contribution >= 4 is 17.0 Å². The number of nitrogens with one attached hydrogen (secondary N) is 1. The zero-order valence-electron chi connectivity index (χ0n) is 17.8. The number of aromatic nitrogens is 4. The molecule has 2 aromatic heterocycles. The van der Waals surface area contributed by atoms with E-state index >= 15 is 0 Å². The molecule has 2 aromatic rings. The van der Waals surface area contributed by atoms with E-state index in [-0.39, 0.29) is 6.61 Å². The van der Waals surface area contributed by atoms with Crippen molar-refractivity contribution in [3.8, 4) is 23.7 Å². The van der Waals surface area contributed by atoms with Crippen LogP contribution < -0.4 is 5.32 Å². The Balaban J connectivity index is 2.12. The number of hydrogen-bond donors (Lipinski definition) is 3. The van der Waals surface area contributed by atoms with E-state index < -0.39 is 18.4 Å². The van der Waals surface area contributed by atoms with Crippen molar-refractivity contribution in [3.05, 3.63) is 11.6 Å². The minimum absolute atomic E-state index is 0.0296. The van der Waals surface area contributed by atoms with E-state index in [9.17, 15) is 10.2 Å². The molecule has 0 aliphatic carbocycles. The molecule has 0 spiro atoms. The molecule has 0 saturated carbocycles. The lowest BCUT2D eigenvalue weighted by molar-refractivity contribution is -0.0167. The second-order valence-electron chi connectivity index (χ2n) is 7.22. The van der Waals surface area contributed by atoms with Gasteiger partial charge in [0.15, 0.2) is 29.0 Å². The monoisotopic (exact) mass is 411 g/mol. The van der Waals surface area contributed by atoms with Crippen LogP contribution in [0, 0.1) is 23.7 Å². The molecule has 8 nitrogen and oxygen atoms in total. The Morgan fingerprint density at radius 2 is 1.77 bits per heavy atom. The van der Waals surface area contributed by atoms with E-state index in [1.54, 1.807) is 11.6 Å². The second-order valence-corrected chi connectivity index (χ2v) is 7.22. The molecular formula is C22H29N5O3. The van der Waals surface area contributed by atoms with Crippen LogP contribution in [-0.4, -0.2) is 55.6 Å². The van der Waals surface area contributed by atoms with Gasteiger partial charge in [-0.1, -0.05) is 38.5 Å². The third-order valence-corrected chi connectivity index (χ3v) is 4.87. The van der Waals surface area contributed by atoms with Crippen molar-refractivity contribution in [2.45, 2.75) is 70.8 Å². The van der Waals surface area contributed by atoms with Gasteiger partial charge in [-0.3, -0.25) is 4.57 Å². The Bertz CT molecular complexity index is 995. The van der Waals surface area contributed by atoms with E-state index in [1.165, 1.54) is 0 Å². The quantitative estimate of drug-likeness (QED) is 0.494. The summed E-state index contributed by atoms with van der Waals surface area (Å²) in [6, 6.07) is 0. The molecule has 0 amide bonds. The summed E-state index contributed by atoms with van der Waals surface area (Å²) >= 11 is 0. The average Bonchev–Trinajstić information content (AvgIpc) is 3.27. The number of aliphatic hydroxyl groups excluding tert-OH is 2. The SMILES string of the molecule is CCCCC#Cc1nc(NC)c2nc(C#CCCCC)n([C@@H]3OC[C@@H](O)[C@H]3O)c2n1. The molecule has 1 aliphatic heterocycles. The number of hydrogen-bond acceptors (Lipinski definition) is 7. The van der Waals surface area contributed by atoms with Gasteiger partial charge in [0.05, 0.1) is 6.61 Å². The van der Waals surface area contributed by atoms with Crippen LogP contribution in [0.1, 0.15) is 70.2 Å². The Labute approximate surface area is 177 Å². The highest BCUT2D eigenvalue weighted by atomic mass is 16.5. The number of ether oxygens (including phenoxy) is 1. The smallest absolute Gasteiger partial charge is 0.208 e. The van der Waals surface area contributed by atoms with Crippen molar-refractivity contribution in [1.82, 2.24) is 19.5 Å². The molecule has 0 unspecified atom stereocenters. The van der Waals surface area contributed by atoms with Crippen LogP contribution >= 0.6 is 0 Å². The normalized spacial score (nSPS) is 20.5. The fourth-order valence-corrected chi connectivity index (χ4v) is 3.16. The lowest BCUT2D eigenvalue weighted by atomic mass is 10.2. The van der Waals surface area contributed by atoms with Gasteiger partial charge in [0.1, 0.15) is 12.2 Å². The van der Waals surface area contributed by atoms with Gasteiger partial charge in [0.2, 0.25) is 5.82 Å². The third kappa shape index (κ3) is 4.73. The zero-order valence-corrected chi connectivity index (χ0v) is 17.8. The summed E-state index contributed by atoms with van der Waals surface area (Å²) in [5.74, 6) is 13.6. The van der Waals surface area contributed by atoms with Crippen molar-refractivity contribution in [2.24, 2.45) is 0 Å². The lowest BCUT2D eigenvalue weighted by Crippen LogP contribution is -2.29. The van der Waals surface area contributed by atoms with Crippen LogP contribution in [0.2, 0.25) is 0 Å². The van der Waals surface area contributed by atoms with Gasteiger partial charge in [-0.25, -0.2) is 15.0 Å². The third-order valence-electron chi connectivity index (χ3n) is 4.87. The predicted octanol–water partition coefficient (Wildman–Crippen LogP) is 2.20. The summed E-state index contributed by atoms with van der Waals surface area (Å²) in [6.45, 7) is 4.26. The first-order valence-electron chi connectivity index (χ1n) is 10.5. The average molecular weight is 412 g/mol. The van der Waals surface area contributed by atoms with Crippen molar-refractivity contribution < 1.29 is 14.9 Å². The number of fused-ring (bicyclic) bond motifs is 1. The first kappa shape index (κ1) is 22.0. The minimum Gasteiger partial charge on any atom is -0.388 e. The molecule has 0 bridgehead atoms.